The summed E-state index contributed by atoms with van der Waals surface area (Å²) in [5, 5.41) is 8.04. The van der Waals surface area contributed by atoms with Crippen LogP contribution in [0, 0.1) is 0 Å². The molecule has 0 saturated carbocycles. The van der Waals surface area contributed by atoms with Crippen LogP contribution in [0.25, 0.3) is 99.4 Å². The lowest BCUT2D eigenvalue weighted by Gasteiger charge is -2.12. The van der Waals surface area contributed by atoms with Crippen LogP contribution < -0.4 is 0 Å². The van der Waals surface area contributed by atoms with Crippen molar-refractivity contribution >= 4 is 54.3 Å². The lowest BCUT2D eigenvalue weighted by molar-refractivity contribution is 1.23. The van der Waals surface area contributed by atoms with Crippen molar-refractivity contribution in [1.82, 2.24) is 19.9 Å². The van der Waals surface area contributed by atoms with Crippen molar-refractivity contribution in [2.45, 2.75) is 0 Å². The molecule has 10 aromatic rings. The van der Waals surface area contributed by atoms with Crippen LogP contribution >= 0.6 is 0 Å². The van der Waals surface area contributed by atoms with E-state index in [4.69, 9.17) is 19.9 Å². The van der Waals surface area contributed by atoms with Crippen molar-refractivity contribution in [1.29, 1.82) is 0 Å². The van der Waals surface area contributed by atoms with E-state index in [2.05, 4.69) is 133 Å². The summed E-state index contributed by atoms with van der Waals surface area (Å²) in [6.07, 6.45) is 0. The Morgan fingerprint density at radius 2 is 0.900 bits per heavy atom. The summed E-state index contributed by atoms with van der Waals surface area (Å²) in [4.78, 5) is 20.5. The van der Waals surface area contributed by atoms with Crippen molar-refractivity contribution in [3.63, 3.8) is 0 Å². The molecular weight excluding hydrogens is 609 g/mol. The Hall–Kier alpha value is -6.78. The highest BCUT2D eigenvalue weighted by atomic mass is 14.9. The van der Waals surface area contributed by atoms with Gasteiger partial charge in [0.2, 0.25) is 0 Å². The summed E-state index contributed by atoms with van der Waals surface area (Å²) >= 11 is 0. The maximum atomic E-state index is 5.30. The molecule has 4 nitrogen and oxygen atoms in total. The Morgan fingerprint density at radius 3 is 1.68 bits per heavy atom. The maximum absolute atomic E-state index is 5.30. The van der Waals surface area contributed by atoms with Gasteiger partial charge in [0.1, 0.15) is 0 Å². The zero-order valence-electron chi connectivity index (χ0n) is 27.0. The van der Waals surface area contributed by atoms with E-state index >= 15 is 0 Å². The first-order chi connectivity index (χ1) is 24.8. The molecule has 50 heavy (non-hydrogen) atoms. The first-order valence-corrected chi connectivity index (χ1v) is 16.8. The molecule has 7 aromatic carbocycles. The van der Waals surface area contributed by atoms with Gasteiger partial charge in [0.05, 0.1) is 33.6 Å². The fourth-order valence-corrected chi connectivity index (χ4v) is 7.16. The molecule has 0 fully saturated rings. The van der Waals surface area contributed by atoms with Crippen LogP contribution in [0.4, 0.5) is 0 Å². The molecule has 0 aliphatic heterocycles. The van der Waals surface area contributed by atoms with Gasteiger partial charge < -0.3 is 0 Å². The number of para-hydroxylation sites is 1. The Bertz CT molecular complexity index is 2920. The van der Waals surface area contributed by atoms with Crippen LogP contribution in [0.3, 0.4) is 0 Å². The zero-order chi connectivity index (χ0) is 33.0. The number of pyridine rings is 2. The lowest BCUT2D eigenvalue weighted by atomic mass is 9.95. The molecule has 3 aromatic heterocycles. The van der Waals surface area contributed by atoms with E-state index in [-0.39, 0.29) is 0 Å². The summed E-state index contributed by atoms with van der Waals surface area (Å²) in [6.45, 7) is 0. The third kappa shape index (κ3) is 4.69. The van der Waals surface area contributed by atoms with Gasteiger partial charge in [-0.1, -0.05) is 146 Å². The number of nitrogens with zero attached hydrogens (tertiary/aromatic N) is 4. The smallest absolute Gasteiger partial charge is 0.160 e. The fraction of sp³-hybridized carbons (Fsp3) is 0. The third-order valence-corrected chi connectivity index (χ3v) is 9.65. The van der Waals surface area contributed by atoms with Crippen molar-refractivity contribution in [2.24, 2.45) is 0 Å². The molecular formula is C46H28N4. The van der Waals surface area contributed by atoms with E-state index in [0.717, 1.165) is 72.0 Å². The summed E-state index contributed by atoms with van der Waals surface area (Å²) in [6, 6.07) is 59.1. The molecule has 0 unspecified atom stereocenters. The van der Waals surface area contributed by atoms with Crippen LogP contribution in [0.2, 0.25) is 0 Å². The van der Waals surface area contributed by atoms with Gasteiger partial charge in [-0.25, -0.2) is 19.9 Å². The van der Waals surface area contributed by atoms with Gasteiger partial charge in [-0.2, -0.15) is 0 Å². The predicted molar refractivity (Wildman–Crippen MR) is 207 cm³/mol. The predicted octanol–water partition coefficient (Wildman–Crippen LogP) is 11.7. The highest BCUT2D eigenvalue weighted by Crippen LogP contribution is 2.36. The van der Waals surface area contributed by atoms with Crippen molar-refractivity contribution in [3.05, 3.63) is 170 Å². The largest absolute Gasteiger partial charge is 0.245 e. The van der Waals surface area contributed by atoms with Gasteiger partial charge in [0.15, 0.2) is 5.82 Å². The Labute approximate surface area is 288 Å². The first-order valence-electron chi connectivity index (χ1n) is 16.8. The minimum absolute atomic E-state index is 0.699. The Kier molecular flexibility index (Phi) is 6.46. The molecule has 232 valence electrons. The molecule has 0 atom stereocenters. The van der Waals surface area contributed by atoms with Crippen molar-refractivity contribution < 1.29 is 0 Å². The monoisotopic (exact) mass is 636 g/mol. The second-order valence-electron chi connectivity index (χ2n) is 12.6. The average Bonchev–Trinajstić information content (AvgIpc) is 3.20. The maximum Gasteiger partial charge on any atom is 0.160 e. The summed E-state index contributed by atoms with van der Waals surface area (Å²) in [7, 11) is 0. The molecule has 0 radical (unpaired) electrons. The number of rotatable bonds is 4. The molecule has 0 amide bonds. The molecule has 4 heteroatoms. The minimum atomic E-state index is 0.699. The highest BCUT2D eigenvalue weighted by Gasteiger charge is 2.14. The molecule has 3 heterocycles. The molecule has 0 aliphatic carbocycles. The van der Waals surface area contributed by atoms with E-state index in [0.29, 0.717) is 5.82 Å². The lowest BCUT2D eigenvalue weighted by Crippen LogP contribution is -1.95. The van der Waals surface area contributed by atoms with E-state index in [9.17, 15) is 0 Å². The quantitative estimate of drug-likeness (QED) is 0.180. The molecule has 10 rings (SSSR count). The molecule has 0 N–H and O–H groups in total. The zero-order valence-corrected chi connectivity index (χ0v) is 27.0. The highest BCUT2D eigenvalue weighted by molar-refractivity contribution is 6.14. The number of aromatic nitrogens is 4. The SMILES string of the molecule is c1ccc(-c2nc(-c3ccc(-c4ccc5ccc6ccc(-c7cc8ccccc8c8ccccc78)nc6c5n4)cc3)nc3ccccc23)cc1. The normalized spacial score (nSPS) is 11.6. The van der Waals surface area contributed by atoms with Gasteiger partial charge in [-0.3, -0.25) is 0 Å². The second kappa shape index (κ2) is 11.4. The van der Waals surface area contributed by atoms with Crippen molar-refractivity contribution in [3.8, 4) is 45.2 Å². The van der Waals surface area contributed by atoms with E-state index in [1.807, 2.05) is 36.4 Å². The molecule has 0 aliphatic rings. The number of benzene rings is 7. The molecule has 0 spiro atoms. The minimum Gasteiger partial charge on any atom is -0.245 e. The van der Waals surface area contributed by atoms with Crippen LogP contribution in [-0.2, 0) is 0 Å². The van der Waals surface area contributed by atoms with Crippen molar-refractivity contribution in [2.75, 3.05) is 0 Å². The number of hydrogen-bond acceptors (Lipinski definition) is 4. The summed E-state index contributed by atoms with van der Waals surface area (Å²) in [5.74, 6) is 0.699. The fourth-order valence-electron chi connectivity index (χ4n) is 7.16. The third-order valence-electron chi connectivity index (χ3n) is 9.65. The van der Waals surface area contributed by atoms with E-state index in [1.165, 1.54) is 21.5 Å². The van der Waals surface area contributed by atoms with E-state index in [1.54, 1.807) is 0 Å². The van der Waals surface area contributed by atoms with Gasteiger partial charge in [-0.05, 0) is 45.8 Å². The van der Waals surface area contributed by atoms with Gasteiger partial charge in [0, 0.05) is 38.4 Å². The van der Waals surface area contributed by atoms with Crippen LogP contribution in [-0.4, -0.2) is 19.9 Å². The number of hydrogen-bond donors (Lipinski definition) is 0. The summed E-state index contributed by atoms with van der Waals surface area (Å²) in [5.41, 5.74) is 9.64. The Balaban J connectivity index is 1.07. The number of fused-ring (bicyclic) bond motifs is 7. The second-order valence-corrected chi connectivity index (χ2v) is 12.6. The first kappa shape index (κ1) is 28.3. The average molecular weight is 637 g/mol. The van der Waals surface area contributed by atoms with Crippen LogP contribution in [0.15, 0.2) is 170 Å². The Morgan fingerprint density at radius 1 is 0.320 bits per heavy atom. The topological polar surface area (TPSA) is 51.6 Å². The summed E-state index contributed by atoms with van der Waals surface area (Å²) < 4.78 is 0. The standard InChI is InChI=1S/C46H28N4/c1-2-10-30(11-3-1)43-38-16-8-9-17-41(38)49-46(50-43)33-22-18-29(19-23-33)40-26-24-31-20-21-32-25-27-42(48-45(32)44(31)47-40)39-28-34-12-4-5-13-35(34)36-14-6-7-15-37(36)39/h1-28H. The van der Waals surface area contributed by atoms with Gasteiger partial charge >= 0.3 is 0 Å². The van der Waals surface area contributed by atoms with Crippen LogP contribution in [0.1, 0.15) is 0 Å². The van der Waals surface area contributed by atoms with E-state index < -0.39 is 0 Å². The van der Waals surface area contributed by atoms with Gasteiger partial charge in [0.25, 0.3) is 0 Å². The van der Waals surface area contributed by atoms with Crippen LogP contribution in [0.5, 0.6) is 0 Å². The molecule has 0 bridgehead atoms. The van der Waals surface area contributed by atoms with Gasteiger partial charge in [-0.15, -0.1) is 0 Å². The molecule has 0 saturated heterocycles.